The molecule has 1 saturated carbocycles. The first-order chi connectivity index (χ1) is 7.66. The summed E-state index contributed by atoms with van der Waals surface area (Å²) in [6.07, 6.45) is 8.10. The molecule has 0 amide bonds. The minimum atomic E-state index is -0.0406. The Morgan fingerprint density at radius 2 is 2.06 bits per heavy atom. The molecule has 0 radical (unpaired) electrons. The van der Waals surface area contributed by atoms with Gasteiger partial charge in [-0.05, 0) is 31.6 Å². The van der Waals surface area contributed by atoms with Crippen molar-refractivity contribution in [2.45, 2.75) is 38.6 Å². The van der Waals surface area contributed by atoms with Crippen molar-refractivity contribution in [2.24, 2.45) is 13.0 Å². The maximum absolute atomic E-state index is 11.7. The molecule has 4 nitrogen and oxygen atoms in total. The van der Waals surface area contributed by atoms with Crippen LogP contribution in [0, 0.1) is 5.92 Å². The van der Waals surface area contributed by atoms with E-state index in [4.69, 9.17) is 0 Å². The van der Waals surface area contributed by atoms with Crippen LogP contribution in [0.5, 0.6) is 0 Å². The summed E-state index contributed by atoms with van der Waals surface area (Å²) < 4.78 is 1.56. The summed E-state index contributed by atoms with van der Waals surface area (Å²) in [5.41, 5.74) is -0.0406. The van der Waals surface area contributed by atoms with Crippen LogP contribution in [0.15, 0.2) is 17.2 Å². The molecule has 0 bridgehead atoms. The van der Waals surface area contributed by atoms with Gasteiger partial charge >= 0.3 is 0 Å². The number of hydrogen-bond acceptors (Lipinski definition) is 3. The Hall–Kier alpha value is -1.32. The summed E-state index contributed by atoms with van der Waals surface area (Å²) in [5.74, 6) is 1.31. The van der Waals surface area contributed by atoms with Gasteiger partial charge in [-0.25, -0.2) is 4.98 Å². The molecule has 0 atom stereocenters. The zero-order chi connectivity index (χ0) is 11.5. The second-order valence-electron chi connectivity index (χ2n) is 4.79. The summed E-state index contributed by atoms with van der Waals surface area (Å²) in [5, 5.41) is 3.27. The summed E-state index contributed by atoms with van der Waals surface area (Å²) in [6, 6.07) is 0.416. The summed E-state index contributed by atoms with van der Waals surface area (Å²) >= 11 is 0. The van der Waals surface area contributed by atoms with Crippen molar-refractivity contribution in [3.8, 4) is 0 Å². The number of hydrogen-bond donors (Lipinski definition) is 1. The normalized spacial score (nSPS) is 25.4. The van der Waals surface area contributed by atoms with Gasteiger partial charge < -0.3 is 9.88 Å². The van der Waals surface area contributed by atoms with Gasteiger partial charge in [-0.15, -0.1) is 0 Å². The monoisotopic (exact) mass is 221 g/mol. The highest BCUT2D eigenvalue weighted by Crippen LogP contribution is 2.24. The molecule has 16 heavy (non-hydrogen) atoms. The number of rotatable bonds is 2. The lowest BCUT2D eigenvalue weighted by molar-refractivity contribution is 0.360. The van der Waals surface area contributed by atoms with Gasteiger partial charge in [-0.3, -0.25) is 4.79 Å². The molecule has 1 aromatic rings. The van der Waals surface area contributed by atoms with Gasteiger partial charge in [0.1, 0.15) is 0 Å². The number of anilines is 1. The molecule has 1 aliphatic carbocycles. The lowest BCUT2D eigenvalue weighted by atomic mass is 9.87. The van der Waals surface area contributed by atoms with Gasteiger partial charge in [0.25, 0.3) is 5.56 Å². The van der Waals surface area contributed by atoms with E-state index in [-0.39, 0.29) is 5.56 Å². The van der Waals surface area contributed by atoms with E-state index in [1.807, 2.05) is 0 Å². The molecular weight excluding hydrogens is 202 g/mol. The van der Waals surface area contributed by atoms with Crippen molar-refractivity contribution >= 4 is 5.82 Å². The fourth-order valence-electron chi connectivity index (χ4n) is 2.19. The Bertz CT molecular complexity index is 405. The van der Waals surface area contributed by atoms with Crippen molar-refractivity contribution in [1.82, 2.24) is 9.55 Å². The smallest absolute Gasteiger partial charge is 0.293 e. The molecule has 0 saturated heterocycles. The lowest BCUT2D eigenvalue weighted by Gasteiger charge is -2.27. The van der Waals surface area contributed by atoms with Crippen LogP contribution in [0.25, 0.3) is 0 Å². The largest absolute Gasteiger partial charge is 0.363 e. The Balaban J connectivity index is 2.04. The molecule has 2 rings (SSSR count). The van der Waals surface area contributed by atoms with Crippen LogP contribution in [0.3, 0.4) is 0 Å². The van der Waals surface area contributed by atoms with Crippen LogP contribution < -0.4 is 10.9 Å². The van der Waals surface area contributed by atoms with Crippen LogP contribution in [-0.2, 0) is 7.05 Å². The highest BCUT2D eigenvalue weighted by molar-refractivity contribution is 5.32. The minimum Gasteiger partial charge on any atom is -0.363 e. The van der Waals surface area contributed by atoms with E-state index >= 15 is 0 Å². The summed E-state index contributed by atoms with van der Waals surface area (Å²) in [7, 11) is 1.75. The highest BCUT2D eigenvalue weighted by atomic mass is 16.1. The number of aromatic nitrogens is 2. The predicted molar refractivity (Wildman–Crippen MR) is 64.5 cm³/mol. The standard InChI is InChI=1S/C12H19N3O/c1-9-3-5-10(6-4-9)14-11-12(16)15(2)8-7-13-11/h7-10H,3-6H2,1-2H3,(H,13,14). The summed E-state index contributed by atoms with van der Waals surface area (Å²) in [6.45, 7) is 2.29. The number of aryl methyl sites for hydroxylation is 1. The molecule has 1 N–H and O–H groups in total. The third kappa shape index (κ3) is 2.43. The van der Waals surface area contributed by atoms with E-state index in [0.29, 0.717) is 11.9 Å². The fourth-order valence-corrected chi connectivity index (χ4v) is 2.19. The van der Waals surface area contributed by atoms with E-state index < -0.39 is 0 Å². The van der Waals surface area contributed by atoms with Crippen LogP contribution in [0.1, 0.15) is 32.6 Å². The Morgan fingerprint density at radius 1 is 1.38 bits per heavy atom. The van der Waals surface area contributed by atoms with Gasteiger partial charge in [0.15, 0.2) is 5.82 Å². The van der Waals surface area contributed by atoms with Crippen molar-refractivity contribution in [3.05, 3.63) is 22.7 Å². The van der Waals surface area contributed by atoms with E-state index in [1.165, 1.54) is 12.8 Å². The lowest BCUT2D eigenvalue weighted by Crippen LogP contribution is -2.30. The molecule has 88 valence electrons. The third-order valence-corrected chi connectivity index (χ3v) is 3.37. The second-order valence-corrected chi connectivity index (χ2v) is 4.79. The Labute approximate surface area is 95.7 Å². The zero-order valence-electron chi connectivity index (χ0n) is 9.94. The molecule has 1 fully saturated rings. The fraction of sp³-hybridized carbons (Fsp3) is 0.667. The topological polar surface area (TPSA) is 46.9 Å². The molecule has 0 spiro atoms. The maximum atomic E-state index is 11.7. The van der Waals surface area contributed by atoms with E-state index in [2.05, 4.69) is 17.2 Å². The quantitative estimate of drug-likeness (QED) is 0.828. The molecule has 4 heteroatoms. The van der Waals surface area contributed by atoms with Crippen LogP contribution >= 0.6 is 0 Å². The minimum absolute atomic E-state index is 0.0406. The number of nitrogens with zero attached hydrogens (tertiary/aromatic N) is 2. The Morgan fingerprint density at radius 3 is 2.75 bits per heavy atom. The molecular formula is C12H19N3O. The molecule has 0 aliphatic heterocycles. The average molecular weight is 221 g/mol. The second kappa shape index (κ2) is 4.68. The van der Waals surface area contributed by atoms with E-state index in [1.54, 1.807) is 24.0 Å². The molecule has 0 aromatic carbocycles. The SMILES string of the molecule is CC1CCC(Nc2nccn(C)c2=O)CC1. The highest BCUT2D eigenvalue weighted by Gasteiger charge is 2.19. The van der Waals surface area contributed by atoms with Crippen LogP contribution in [0.4, 0.5) is 5.82 Å². The van der Waals surface area contributed by atoms with Gasteiger partial charge in [-0.2, -0.15) is 0 Å². The van der Waals surface area contributed by atoms with Crippen LogP contribution in [0.2, 0.25) is 0 Å². The Kier molecular flexibility index (Phi) is 3.27. The van der Waals surface area contributed by atoms with Crippen LogP contribution in [-0.4, -0.2) is 15.6 Å². The van der Waals surface area contributed by atoms with Gasteiger partial charge in [0.2, 0.25) is 0 Å². The molecule has 1 heterocycles. The average Bonchev–Trinajstić information content (AvgIpc) is 2.28. The third-order valence-electron chi connectivity index (χ3n) is 3.37. The number of nitrogens with one attached hydrogen (secondary N) is 1. The molecule has 1 aromatic heterocycles. The molecule has 1 aliphatic rings. The van der Waals surface area contributed by atoms with Gasteiger partial charge in [0, 0.05) is 25.5 Å². The predicted octanol–water partition coefficient (Wildman–Crippen LogP) is 1.77. The van der Waals surface area contributed by atoms with E-state index in [9.17, 15) is 4.79 Å². The first-order valence-electron chi connectivity index (χ1n) is 5.95. The first-order valence-corrected chi connectivity index (χ1v) is 5.95. The van der Waals surface area contributed by atoms with Crippen molar-refractivity contribution in [3.63, 3.8) is 0 Å². The van der Waals surface area contributed by atoms with Gasteiger partial charge in [0.05, 0.1) is 0 Å². The van der Waals surface area contributed by atoms with Gasteiger partial charge in [-0.1, -0.05) is 6.92 Å². The first kappa shape index (κ1) is 11.2. The van der Waals surface area contributed by atoms with Crippen molar-refractivity contribution in [2.75, 3.05) is 5.32 Å². The maximum Gasteiger partial charge on any atom is 0.293 e. The van der Waals surface area contributed by atoms with Crippen molar-refractivity contribution in [1.29, 1.82) is 0 Å². The summed E-state index contributed by atoms with van der Waals surface area (Å²) in [4.78, 5) is 15.9. The molecule has 0 unspecified atom stereocenters. The van der Waals surface area contributed by atoms with Crippen molar-refractivity contribution < 1.29 is 0 Å². The zero-order valence-corrected chi connectivity index (χ0v) is 9.94. The van der Waals surface area contributed by atoms with E-state index in [0.717, 1.165) is 18.8 Å².